The van der Waals surface area contributed by atoms with Crippen LogP contribution in [0.15, 0.2) is 36.9 Å². The Kier molecular flexibility index (Phi) is 2.62. The maximum Gasteiger partial charge on any atom is 0.335 e. The normalized spacial score (nSPS) is 10.3. The van der Waals surface area contributed by atoms with Crippen LogP contribution >= 0.6 is 0 Å². The zero-order valence-electron chi connectivity index (χ0n) is 10.1. The number of aromatic nitrogens is 4. The predicted octanol–water partition coefficient (Wildman–Crippen LogP) is 1.39. The van der Waals surface area contributed by atoms with Crippen LogP contribution in [0, 0.1) is 11.3 Å². The maximum absolute atomic E-state index is 11.0. The minimum atomic E-state index is -1.02. The van der Waals surface area contributed by atoms with E-state index in [4.69, 9.17) is 10.4 Å². The van der Waals surface area contributed by atoms with E-state index < -0.39 is 5.97 Å². The number of hydrogen-bond donors (Lipinski definition) is 1. The van der Waals surface area contributed by atoms with Gasteiger partial charge in [0.25, 0.3) is 0 Å². The second kappa shape index (κ2) is 4.44. The van der Waals surface area contributed by atoms with Gasteiger partial charge >= 0.3 is 5.97 Å². The number of carboxylic acid groups (broad SMARTS) is 1. The number of hydrogen-bond acceptors (Lipinski definition) is 5. The summed E-state index contributed by atoms with van der Waals surface area (Å²) in [6.45, 7) is 0. The lowest BCUT2D eigenvalue weighted by Crippen LogP contribution is -2.02. The lowest BCUT2D eigenvalue weighted by atomic mass is 10.1. The van der Waals surface area contributed by atoms with E-state index in [1.807, 2.05) is 6.07 Å². The molecule has 3 rings (SSSR count). The fourth-order valence-electron chi connectivity index (χ4n) is 1.92. The standard InChI is InChI=1S/C13H7N5O2/c14-6-11-15-3-4-18(11)12-9-2-1-8(13(19)20)5-10(9)16-7-17-12/h1-5,7H,(H,19,20). The lowest BCUT2D eigenvalue weighted by molar-refractivity contribution is 0.0697. The Hall–Kier alpha value is -3.27. The van der Waals surface area contributed by atoms with Gasteiger partial charge in [-0.1, -0.05) is 0 Å². The van der Waals surface area contributed by atoms with E-state index in [-0.39, 0.29) is 11.4 Å². The van der Waals surface area contributed by atoms with Crippen molar-refractivity contribution in [2.75, 3.05) is 0 Å². The molecule has 1 N–H and O–H groups in total. The molecule has 0 atom stereocenters. The van der Waals surface area contributed by atoms with Crippen LogP contribution in [0.5, 0.6) is 0 Å². The summed E-state index contributed by atoms with van der Waals surface area (Å²) in [6, 6.07) is 6.52. The molecule has 0 aliphatic heterocycles. The molecular weight excluding hydrogens is 258 g/mol. The monoisotopic (exact) mass is 265 g/mol. The van der Waals surface area contributed by atoms with E-state index in [2.05, 4.69) is 15.0 Å². The zero-order chi connectivity index (χ0) is 14.1. The lowest BCUT2D eigenvalue weighted by Gasteiger charge is -2.06. The van der Waals surface area contributed by atoms with Crippen molar-refractivity contribution < 1.29 is 9.90 Å². The number of imidazole rings is 1. The van der Waals surface area contributed by atoms with Crippen LogP contribution in [0.4, 0.5) is 0 Å². The van der Waals surface area contributed by atoms with Gasteiger partial charge < -0.3 is 5.11 Å². The van der Waals surface area contributed by atoms with Crippen molar-refractivity contribution in [3.8, 4) is 11.9 Å². The highest BCUT2D eigenvalue weighted by molar-refractivity contribution is 5.94. The zero-order valence-corrected chi connectivity index (χ0v) is 10.1. The molecular formula is C13H7N5O2. The molecule has 0 fully saturated rings. The molecule has 2 heterocycles. The van der Waals surface area contributed by atoms with Gasteiger partial charge in [0, 0.05) is 17.8 Å². The molecule has 7 heteroatoms. The summed E-state index contributed by atoms with van der Waals surface area (Å²) < 4.78 is 1.53. The van der Waals surface area contributed by atoms with Gasteiger partial charge in [-0.25, -0.2) is 19.7 Å². The highest BCUT2D eigenvalue weighted by Gasteiger charge is 2.11. The fraction of sp³-hybridized carbons (Fsp3) is 0. The van der Waals surface area contributed by atoms with Crippen LogP contribution in [0.2, 0.25) is 0 Å². The van der Waals surface area contributed by atoms with E-state index in [0.29, 0.717) is 16.7 Å². The number of fused-ring (bicyclic) bond motifs is 1. The molecule has 7 nitrogen and oxygen atoms in total. The average molecular weight is 265 g/mol. The van der Waals surface area contributed by atoms with Crippen molar-refractivity contribution in [1.29, 1.82) is 5.26 Å². The third-order valence-electron chi connectivity index (χ3n) is 2.83. The van der Waals surface area contributed by atoms with Gasteiger partial charge in [-0.3, -0.25) is 4.57 Å². The van der Waals surface area contributed by atoms with Gasteiger partial charge in [0.05, 0.1) is 11.1 Å². The van der Waals surface area contributed by atoms with E-state index in [9.17, 15) is 4.79 Å². The number of benzene rings is 1. The summed E-state index contributed by atoms with van der Waals surface area (Å²) in [5.74, 6) is -0.333. The third-order valence-corrected chi connectivity index (χ3v) is 2.83. The van der Waals surface area contributed by atoms with Gasteiger partial charge in [-0.15, -0.1) is 0 Å². The molecule has 0 unspecified atom stereocenters. The maximum atomic E-state index is 11.0. The molecule has 0 saturated heterocycles. The number of carboxylic acids is 1. The van der Waals surface area contributed by atoms with Crippen molar-refractivity contribution in [2.24, 2.45) is 0 Å². The Labute approximate surface area is 112 Å². The summed E-state index contributed by atoms with van der Waals surface area (Å²) in [4.78, 5) is 23.1. The quantitative estimate of drug-likeness (QED) is 0.750. The first-order chi connectivity index (χ1) is 9.70. The molecule has 0 aliphatic rings. The Morgan fingerprint density at radius 3 is 2.90 bits per heavy atom. The van der Waals surface area contributed by atoms with Crippen LogP contribution < -0.4 is 0 Å². The van der Waals surface area contributed by atoms with Crippen molar-refractivity contribution >= 4 is 16.9 Å². The highest BCUT2D eigenvalue weighted by Crippen LogP contribution is 2.20. The smallest absolute Gasteiger partial charge is 0.335 e. The van der Waals surface area contributed by atoms with Gasteiger partial charge in [0.2, 0.25) is 5.82 Å². The van der Waals surface area contributed by atoms with Crippen molar-refractivity contribution in [2.45, 2.75) is 0 Å². The molecule has 96 valence electrons. The highest BCUT2D eigenvalue weighted by atomic mass is 16.4. The SMILES string of the molecule is N#Cc1nccn1-c1ncnc2cc(C(=O)O)ccc12. The Bertz CT molecular complexity index is 863. The van der Waals surface area contributed by atoms with Gasteiger partial charge in [-0.05, 0) is 18.2 Å². The average Bonchev–Trinajstić information content (AvgIpc) is 2.94. The molecule has 0 saturated carbocycles. The Morgan fingerprint density at radius 1 is 1.30 bits per heavy atom. The summed E-state index contributed by atoms with van der Waals surface area (Å²) in [7, 11) is 0. The molecule has 20 heavy (non-hydrogen) atoms. The van der Waals surface area contributed by atoms with Crippen LogP contribution in [0.3, 0.4) is 0 Å². The van der Waals surface area contributed by atoms with Crippen LogP contribution in [0.25, 0.3) is 16.7 Å². The topological polar surface area (TPSA) is 105 Å². The van der Waals surface area contributed by atoms with Crippen LogP contribution in [-0.4, -0.2) is 30.6 Å². The summed E-state index contributed by atoms with van der Waals surface area (Å²) in [6.07, 6.45) is 4.44. The second-order valence-corrected chi connectivity index (χ2v) is 3.97. The van der Waals surface area contributed by atoms with Gasteiger partial charge in [0.15, 0.2) is 0 Å². The van der Waals surface area contributed by atoms with Crippen LogP contribution in [0.1, 0.15) is 16.2 Å². The Morgan fingerprint density at radius 2 is 2.15 bits per heavy atom. The first-order valence-electron chi connectivity index (χ1n) is 5.62. The Balaban J connectivity index is 2.28. The largest absolute Gasteiger partial charge is 0.478 e. The van der Waals surface area contributed by atoms with Crippen molar-refractivity contribution in [3.05, 3.63) is 48.3 Å². The predicted molar refractivity (Wildman–Crippen MR) is 68.3 cm³/mol. The van der Waals surface area contributed by atoms with Crippen molar-refractivity contribution in [1.82, 2.24) is 19.5 Å². The summed E-state index contributed by atoms with van der Waals surface area (Å²) in [5, 5.41) is 18.6. The first kappa shape index (κ1) is 11.8. The molecule has 2 aromatic heterocycles. The number of aromatic carboxylic acids is 1. The third kappa shape index (κ3) is 1.76. The second-order valence-electron chi connectivity index (χ2n) is 3.97. The molecule has 0 bridgehead atoms. The van der Waals surface area contributed by atoms with Gasteiger partial charge in [-0.2, -0.15) is 5.26 Å². The number of nitriles is 1. The molecule has 0 radical (unpaired) electrons. The number of nitrogens with zero attached hydrogens (tertiary/aromatic N) is 5. The minimum Gasteiger partial charge on any atom is -0.478 e. The number of carbonyl (C=O) groups is 1. The van der Waals surface area contributed by atoms with E-state index >= 15 is 0 Å². The summed E-state index contributed by atoms with van der Waals surface area (Å²) in [5.41, 5.74) is 0.640. The number of rotatable bonds is 2. The van der Waals surface area contributed by atoms with E-state index in [1.165, 1.54) is 29.2 Å². The molecule has 3 aromatic rings. The molecule has 0 spiro atoms. The summed E-state index contributed by atoms with van der Waals surface area (Å²) >= 11 is 0. The fourth-order valence-corrected chi connectivity index (χ4v) is 1.92. The first-order valence-corrected chi connectivity index (χ1v) is 5.62. The minimum absolute atomic E-state index is 0.147. The molecule has 0 aliphatic carbocycles. The molecule has 1 aromatic carbocycles. The van der Waals surface area contributed by atoms with E-state index in [0.717, 1.165) is 0 Å². The van der Waals surface area contributed by atoms with Crippen molar-refractivity contribution in [3.63, 3.8) is 0 Å². The van der Waals surface area contributed by atoms with E-state index in [1.54, 1.807) is 12.3 Å². The van der Waals surface area contributed by atoms with Gasteiger partial charge in [0.1, 0.15) is 18.2 Å². The van der Waals surface area contributed by atoms with Crippen LogP contribution in [-0.2, 0) is 0 Å². The molecule has 0 amide bonds.